The van der Waals surface area contributed by atoms with Crippen LogP contribution in [0.25, 0.3) is 11.0 Å². The van der Waals surface area contributed by atoms with E-state index >= 15 is 0 Å². The van der Waals surface area contributed by atoms with Gasteiger partial charge in [0.15, 0.2) is 0 Å². The fourth-order valence-electron chi connectivity index (χ4n) is 5.02. The lowest BCUT2D eigenvalue weighted by molar-refractivity contribution is -0.131. The Morgan fingerprint density at radius 3 is 2.54 bits per heavy atom. The third-order valence-electron chi connectivity index (χ3n) is 7.19. The molecule has 1 aliphatic heterocycles. The lowest BCUT2D eigenvalue weighted by atomic mass is 10.1. The van der Waals surface area contributed by atoms with E-state index in [1.54, 1.807) is 26.2 Å². The van der Waals surface area contributed by atoms with Crippen LogP contribution in [-0.2, 0) is 21.4 Å². The molecule has 5 rings (SSSR count). The van der Waals surface area contributed by atoms with Gasteiger partial charge in [-0.05, 0) is 48.9 Å². The van der Waals surface area contributed by atoms with Gasteiger partial charge in [0.05, 0.1) is 18.5 Å². The van der Waals surface area contributed by atoms with Gasteiger partial charge in [-0.2, -0.15) is 4.98 Å². The van der Waals surface area contributed by atoms with E-state index in [-0.39, 0.29) is 11.9 Å². The van der Waals surface area contributed by atoms with Crippen molar-refractivity contribution in [2.24, 2.45) is 0 Å². The molecule has 1 unspecified atom stereocenters. The number of hydrogen-bond acceptors (Lipinski definition) is 7. The van der Waals surface area contributed by atoms with E-state index in [1.165, 1.54) is 10.6 Å². The van der Waals surface area contributed by atoms with Crippen molar-refractivity contribution in [1.29, 1.82) is 0 Å². The van der Waals surface area contributed by atoms with E-state index in [0.29, 0.717) is 18.2 Å². The fourth-order valence-corrected chi connectivity index (χ4v) is 5.55. The van der Waals surface area contributed by atoms with Crippen LogP contribution >= 0.6 is 0 Å². The van der Waals surface area contributed by atoms with Crippen molar-refractivity contribution < 1.29 is 13.2 Å². The number of piperazine rings is 1. The van der Waals surface area contributed by atoms with Gasteiger partial charge in [0, 0.05) is 68.8 Å². The van der Waals surface area contributed by atoms with Crippen LogP contribution in [0.1, 0.15) is 19.4 Å². The smallest absolute Gasteiger partial charge is 0.232 e. The van der Waals surface area contributed by atoms with E-state index in [0.717, 1.165) is 47.6 Å². The number of amides is 1. The van der Waals surface area contributed by atoms with Crippen LogP contribution in [-0.4, -0.2) is 72.7 Å². The third-order valence-corrected chi connectivity index (χ3v) is 8.38. The average Bonchev–Trinajstić information content (AvgIpc) is 3.30. The summed E-state index contributed by atoms with van der Waals surface area (Å²) in [6, 6.07) is 17.7. The van der Waals surface area contributed by atoms with E-state index in [2.05, 4.69) is 34.3 Å². The molecule has 1 atom stereocenters. The van der Waals surface area contributed by atoms with Crippen LogP contribution in [0.15, 0.2) is 67.0 Å². The van der Waals surface area contributed by atoms with Crippen molar-refractivity contribution in [3.8, 4) is 0 Å². The highest BCUT2D eigenvalue weighted by Crippen LogP contribution is 2.26. The molecule has 1 N–H and O–H groups in total. The van der Waals surface area contributed by atoms with Gasteiger partial charge < -0.3 is 19.7 Å². The molecule has 0 bridgehead atoms. The summed E-state index contributed by atoms with van der Waals surface area (Å²) in [5, 5.41) is 4.19. The van der Waals surface area contributed by atoms with Crippen molar-refractivity contribution in [3.63, 3.8) is 0 Å². The Labute approximate surface area is 228 Å². The van der Waals surface area contributed by atoms with Gasteiger partial charge in [0.2, 0.25) is 21.9 Å². The number of anilines is 4. The number of sulfonamides is 1. The second-order valence-corrected chi connectivity index (χ2v) is 12.0. The molecule has 2 aromatic carbocycles. The molecule has 4 aromatic rings. The number of nitrogens with zero attached hydrogens (tertiary/aromatic N) is 6. The Balaban J connectivity index is 1.32. The van der Waals surface area contributed by atoms with Crippen LogP contribution in [0.5, 0.6) is 0 Å². The van der Waals surface area contributed by atoms with Crippen LogP contribution in [0.3, 0.4) is 0 Å². The Hall–Kier alpha value is -4.12. The number of aromatic nitrogens is 3. The summed E-state index contributed by atoms with van der Waals surface area (Å²) in [6.45, 7) is 6.48. The van der Waals surface area contributed by atoms with Crippen molar-refractivity contribution in [2.75, 3.05) is 47.5 Å². The summed E-state index contributed by atoms with van der Waals surface area (Å²) < 4.78 is 27.6. The number of fused-ring (bicyclic) bond motifs is 1. The minimum Gasteiger partial charge on any atom is -0.368 e. The molecule has 0 radical (unpaired) electrons. The van der Waals surface area contributed by atoms with E-state index < -0.39 is 10.0 Å². The molecule has 11 heteroatoms. The quantitative estimate of drug-likeness (QED) is 0.377. The second-order valence-electron chi connectivity index (χ2n) is 9.95. The molecule has 1 aliphatic rings. The normalized spacial score (nSPS) is 15.9. The molecule has 1 amide bonds. The first-order chi connectivity index (χ1) is 18.6. The Morgan fingerprint density at radius 2 is 1.85 bits per heavy atom. The number of carbonyl (C=O) groups excluding carboxylic acids is 1. The highest BCUT2D eigenvalue weighted by molar-refractivity contribution is 7.92. The van der Waals surface area contributed by atoms with Gasteiger partial charge in [0.25, 0.3) is 0 Å². The summed E-state index contributed by atoms with van der Waals surface area (Å²) in [5.41, 5.74) is 4.22. The second kappa shape index (κ2) is 10.6. The zero-order chi connectivity index (χ0) is 27.7. The Morgan fingerprint density at radius 1 is 1.10 bits per heavy atom. The van der Waals surface area contributed by atoms with Gasteiger partial charge in [-0.15, -0.1) is 0 Å². The van der Waals surface area contributed by atoms with Crippen molar-refractivity contribution in [1.82, 2.24) is 19.4 Å². The molecule has 39 heavy (non-hydrogen) atoms. The maximum absolute atomic E-state index is 12.2. The van der Waals surface area contributed by atoms with Gasteiger partial charge in [-0.3, -0.25) is 9.10 Å². The van der Waals surface area contributed by atoms with E-state index in [1.807, 2.05) is 52.1 Å². The van der Waals surface area contributed by atoms with Gasteiger partial charge in [-0.1, -0.05) is 18.2 Å². The molecule has 0 saturated carbocycles. The Kier molecular flexibility index (Phi) is 7.17. The van der Waals surface area contributed by atoms with E-state index in [4.69, 9.17) is 4.98 Å². The standard InChI is InChI=1S/C28H33N7O3S/c1-20-18-33(15-16-35(20)21(2)36)25-11-9-24(10-12-25)30-28-29-17-22-13-14-34(27(22)31-28)19-23-7-5-6-8-26(23)32(3)39(4,37)38/h5-14,17,20H,15-16,18-19H2,1-4H3,(H,29,30,31). The molecule has 2 aromatic heterocycles. The highest BCUT2D eigenvalue weighted by Gasteiger charge is 2.25. The zero-order valence-electron chi connectivity index (χ0n) is 22.6. The number of benzene rings is 2. The first-order valence-electron chi connectivity index (χ1n) is 12.8. The lowest BCUT2D eigenvalue weighted by Gasteiger charge is -2.40. The molecule has 204 valence electrons. The SMILES string of the molecule is CC(=O)N1CCN(c2ccc(Nc3ncc4ccn(Cc5ccccc5N(C)S(C)(=O)=O)c4n3)cc2)CC1C. The van der Waals surface area contributed by atoms with Crippen molar-refractivity contribution in [2.45, 2.75) is 26.4 Å². The molecule has 3 heterocycles. The summed E-state index contributed by atoms with van der Waals surface area (Å²) in [5.74, 6) is 0.593. The molecule has 0 spiro atoms. The number of hydrogen-bond donors (Lipinski definition) is 1. The lowest BCUT2D eigenvalue weighted by Crippen LogP contribution is -2.53. The number of para-hydroxylation sites is 1. The molecular weight excluding hydrogens is 514 g/mol. The van der Waals surface area contributed by atoms with Gasteiger partial charge >= 0.3 is 0 Å². The number of carbonyl (C=O) groups is 1. The largest absolute Gasteiger partial charge is 0.368 e. The zero-order valence-corrected chi connectivity index (χ0v) is 23.4. The first-order valence-corrected chi connectivity index (χ1v) is 14.7. The predicted molar refractivity (Wildman–Crippen MR) is 155 cm³/mol. The topological polar surface area (TPSA) is 104 Å². The molecule has 0 aliphatic carbocycles. The van der Waals surface area contributed by atoms with Crippen LogP contribution in [0.2, 0.25) is 0 Å². The molecule has 1 saturated heterocycles. The average molecular weight is 548 g/mol. The highest BCUT2D eigenvalue weighted by atomic mass is 32.2. The maximum Gasteiger partial charge on any atom is 0.232 e. The summed E-state index contributed by atoms with van der Waals surface area (Å²) in [6.07, 6.45) is 4.91. The van der Waals surface area contributed by atoms with Crippen molar-refractivity contribution >= 4 is 50.0 Å². The molecule has 10 nitrogen and oxygen atoms in total. The first kappa shape index (κ1) is 26.5. The van der Waals surface area contributed by atoms with Crippen LogP contribution < -0.4 is 14.5 Å². The number of nitrogens with one attached hydrogen (secondary N) is 1. The Bertz CT molecular complexity index is 1600. The number of rotatable bonds is 7. The molecular formula is C28H33N7O3S. The maximum atomic E-state index is 12.2. The summed E-state index contributed by atoms with van der Waals surface area (Å²) in [7, 11) is -1.83. The van der Waals surface area contributed by atoms with Crippen LogP contribution in [0.4, 0.5) is 23.0 Å². The van der Waals surface area contributed by atoms with Gasteiger partial charge in [0.1, 0.15) is 5.65 Å². The summed E-state index contributed by atoms with van der Waals surface area (Å²) in [4.78, 5) is 25.2. The van der Waals surface area contributed by atoms with Gasteiger partial charge in [-0.25, -0.2) is 13.4 Å². The summed E-state index contributed by atoms with van der Waals surface area (Å²) >= 11 is 0. The predicted octanol–water partition coefficient (Wildman–Crippen LogP) is 3.68. The van der Waals surface area contributed by atoms with Crippen LogP contribution in [0, 0.1) is 0 Å². The van der Waals surface area contributed by atoms with E-state index in [9.17, 15) is 13.2 Å². The van der Waals surface area contributed by atoms with Crippen molar-refractivity contribution in [3.05, 3.63) is 72.6 Å². The minimum absolute atomic E-state index is 0.121. The third kappa shape index (κ3) is 5.68. The minimum atomic E-state index is -3.39. The fraction of sp³-hybridized carbons (Fsp3) is 0.321. The monoisotopic (exact) mass is 547 g/mol. The molecule has 1 fully saturated rings.